The normalized spacial score (nSPS) is 14.1. The second-order valence-corrected chi connectivity index (χ2v) is 22.9. The number of nitrogens with zero attached hydrogens (tertiary/aromatic N) is 8. The maximum absolute atomic E-state index is 13.4. The van der Waals surface area contributed by atoms with Crippen molar-refractivity contribution in [3.8, 4) is 57.6 Å². The number of unbranched alkanes of at least 4 members (excludes halogenated alkanes) is 2. The van der Waals surface area contributed by atoms with Gasteiger partial charge in [0.1, 0.15) is 46.2 Å². The fourth-order valence-corrected chi connectivity index (χ4v) is 11.8. The average molecular weight is 1220 g/mol. The molecule has 7 aromatic rings. The van der Waals surface area contributed by atoms with E-state index in [1.807, 2.05) is 60.7 Å². The highest BCUT2D eigenvalue weighted by Crippen LogP contribution is 2.46. The summed E-state index contributed by atoms with van der Waals surface area (Å²) in [5, 5.41) is 9.09. The molecule has 1 aliphatic rings. The van der Waals surface area contributed by atoms with E-state index in [0.29, 0.717) is 142 Å². The lowest BCUT2D eigenvalue weighted by Crippen LogP contribution is -2.49. The molecule has 1 fully saturated rings. The summed E-state index contributed by atoms with van der Waals surface area (Å²) in [5.74, 6) is 7.38. The van der Waals surface area contributed by atoms with Gasteiger partial charge in [-0.25, -0.2) is 34.0 Å². The van der Waals surface area contributed by atoms with E-state index in [2.05, 4.69) is 65.0 Å². The Morgan fingerprint density at radius 1 is 0.591 bits per heavy atom. The van der Waals surface area contributed by atoms with E-state index < -0.39 is 32.5 Å². The molecule has 88 heavy (non-hydrogen) atoms. The van der Waals surface area contributed by atoms with E-state index in [4.69, 9.17) is 61.5 Å². The van der Waals surface area contributed by atoms with Crippen LogP contribution in [0.25, 0.3) is 34.0 Å². The largest absolute Gasteiger partial charge is 0.488 e. The minimum absolute atomic E-state index is 0.152. The van der Waals surface area contributed by atoms with Crippen LogP contribution in [-0.4, -0.2) is 143 Å². The summed E-state index contributed by atoms with van der Waals surface area (Å²) in [5.41, 5.74) is 5.20. The van der Waals surface area contributed by atoms with Crippen molar-refractivity contribution >= 4 is 26.4 Å². The highest BCUT2D eigenvalue weighted by Gasteiger charge is 2.29. The van der Waals surface area contributed by atoms with E-state index in [1.165, 1.54) is 0 Å². The number of pyridine rings is 3. The summed E-state index contributed by atoms with van der Waals surface area (Å²) in [6, 6.07) is 32.1. The molecule has 6 aromatic heterocycles. The molecule has 7 heterocycles. The topological polar surface area (TPSA) is 221 Å². The molecule has 1 unspecified atom stereocenters. The van der Waals surface area contributed by atoms with Crippen molar-refractivity contribution in [1.29, 1.82) is 5.26 Å². The molecule has 0 radical (unpaired) electrons. The average Bonchev–Trinajstić information content (AvgIpc) is 4.33. The van der Waals surface area contributed by atoms with Gasteiger partial charge in [-0.15, -0.1) is 0 Å². The molecule has 1 atom stereocenters. The van der Waals surface area contributed by atoms with Crippen molar-refractivity contribution in [3.05, 3.63) is 156 Å². The SMILES string of the molecule is CCOC(=O)c1cc(-c2ccco2)cc(CN2CCN(Cc3cc(-c4ccco4)cc(C(=O)OCC)n3)CC(Oc3ccc(C#CCCCCOP(OCCC#N)N(C(C)C)C(C)C)cc3)CN(Cc3cc(-c4ccco4)cc(C(=O)OCC)n3)CC2)n1. The highest BCUT2D eigenvalue weighted by molar-refractivity contribution is 7.44. The van der Waals surface area contributed by atoms with E-state index in [0.717, 1.165) is 18.4 Å². The first-order valence-electron chi connectivity index (χ1n) is 30.1. The third-order valence-corrected chi connectivity index (χ3v) is 16.1. The van der Waals surface area contributed by atoms with Gasteiger partial charge in [0.15, 0.2) is 0 Å². The van der Waals surface area contributed by atoms with Crippen LogP contribution in [0.1, 0.15) is 128 Å². The Labute approximate surface area is 517 Å². The summed E-state index contributed by atoms with van der Waals surface area (Å²) in [7, 11) is -1.30. The second-order valence-electron chi connectivity index (χ2n) is 21.4. The number of furan rings is 3. The molecule has 20 nitrogen and oxygen atoms in total. The lowest BCUT2D eigenvalue weighted by Gasteiger charge is -2.36. The summed E-state index contributed by atoms with van der Waals surface area (Å²) in [4.78, 5) is 61.6. The quantitative estimate of drug-likeness (QED) is 0.0146. The predicted octanol–water partition coefficient (Wildman–Crippen LogP) is 12.3. The first kappa shape index (κ1) is 65.9. The Morgan fingerprint density at radius 2 is 1.02 bits per heavy atom. The standard InChI is InChI=1S/C67H79N8O12P/c1-8-79-65(76)59-40-51(62-20-15-32-82-62)37-54(69-59)43-72-28-30-73(44-55-38-52(63-21-16-33-83-63)41-60(70-55)66(77)80-9-2)46-58(47-74(31-29-72)45-56-39-53(64-22-17-34-84-64)42-61(71-56)67(78)81-10-3)87-57-25-23-50(24-26-57)19-13-11-12-14-35-85-88(86-36-18-27-68)75(48(4)5)49(6)7/h15-17,20-26,32-34,37-42,48-49,58H,8-12,14,18,28-31,35-36,43-47H2,1-7H3. The van der Waals surface area contributed by atoms with Crippen LogP contribution in [0.15, 0.2) is 129 Å². The van der Waals surface area contributed by atoms with Crippen LogP contribution in [0.2, 0.25) is 0 Å². The van der Waals surface area contributed by atoms with Crippen LogP contribution in [0.5, 0.6) is 5.75 Å². The third kappa shape index (κ3) is 19.7. The zero-order valence-electron chi connectivity index (χ0n) is 51.4. The zero-order chi connectivity index (χ0) is 62.2. The van der Waals surface area contributed by atoms with Gasteiger partial charge in [0.2, 0.25) is 0 Å². The van der Waals surface area contributed by atoms with Gasteiger partial charge in [-0.1, -0.05) is 11.8 Å². The number of rotatable bonds is 28. The van der Waals surface area contributed by atoms with E-state index in [9.17, 15) is 14.4 Å². The van der Waals surface area contributed by atoms with Crippen LogP contribution in [0.4, 0.5) is 0 Å². The van der Waals surface area contributed by atoms with Crippen molar-refractivity contribution in [2.45, 2.75) is 112 Å². The molecule has 1 aliphatic heterocycles. The Hall–Kier alpha value is -8.04. The van der Waals surface area contributed by atoms with E-state index >= 15 is 0 Å². The van der Waals surface area contributed by atoms with Crippen molar-refractivity contribution in [1.82, 2.24) is 34.3 Å². The Balaban J connectivity index is 1.10. The molecular formula is C67H79N8O12P. The van der Waals surface area contributed by atoms with Gasteiger partial charge in [0.05, 0.1) is 81.4 Å². The first-order valence-corrected chi connectivity index (χ1v) is 31.2. The molecule has 0 saturated carbocycles. The van der Waals surface area contributed by atoms with E-state index in [-0.39, 0.29) is 49.0 Å². The predicted molar refractivity (Wildman–Crippen MR) is 332 cm³/mol. The molecule has 1 saturated heterocycles. The van der Waals surface area contributed by atoms with E-state index in [1.54, 1.807) is 76.0 Å². The van der Waals surface area contributed by atoms with Crippen molar-refractivity contribution < 1.29 is 55.6 Å². The molecule has 0 aliphatic carbocycles. The molecule has 8 rings (SSSR count). The molecule has 464 valence electrons. The van der Waals surface area contributed by atoms with Crippen LogP contribution >= 0.6 is 8.53 Å². The summed E-state index contributed by atoms with van der Waals surface area (Å²) in [6.07, 6.45) is 6.94. The molecule has 0 spiro atoms. The number of carbonyl (C=O) groups excluding carboxylic acids is 3. The van der Waals surface area contributed by atoms with Gasteiger partial charge in [-0.05, 0) is 158 Å². The number of hydrogen-bond acceptors (Lipinski definition) is 20. The fourth-order valence-electron chi connectivity index (χ4n) is 10.1. The van der Waals surface area contributed by atoms with Gasteiger partial charge < -0.3 is 41.2 Å². The van der Waals surface area contributed by atoms with Gasteiger partial charge in [-0.2, -0.15) is 5.26 Å². The van der Waals surface area contributed by atoms with Crippen LogP contribution in [0, 0.1) is 23.2 Å². The minimum Gasteiger partial charge on any atom is -0.488 e. The molecule has 21 heteroatoms. The molecule has 1 aromatic carbocycles. The maximum Gasteiger partial charge on any atom is 0.356 e. The fraction of sp³-hybridized carbons (Fsp3) is 0.418. The number of carbonyl (C=O) groups is 3. The Bertz CT molecular complexity index is 3290. The molecular weight excluding hydrogens is 1140 g/mol. The third-order valence-electron chi connectivity index (χ3n) is 14.0. The summed E-state index contributed by atoms with van der Waals surface area (Å²) in [6.45, 7) is 19.0. The Morgan fingerprint density at radius 3 is 1.43 bits per heavy atom. The highest BCUT2D eigenvalue weighted by atomic mass is 31.2. The smallest absolute Gasteiger partial charge is 0.356 e. The van der Waals surface area contributed by atoms with Gasteiger partial charge in [0.25, 0.3) is 8.53 Å². The second kappa shape index (κ2) is 33.9. The lowest BCUT2D eigenvalue weighted by atomic mass is 10.1. The summed E-state index contributed by atoms with van der Waals surface area (Å²) >= 11 is 0. The first-order chi connectivity index (χ1) is 42.8. The zero-order valence-corrected chi connectivity index (χ0v) is 52.2. The number of aromatic nitrogens is 3. The maximum atomic E-state index is 13.4. The molecule has 0 bridgehead atoms. The van der Waals surface area contributed by atoms with Crippen LogP contribution in [-0.2, 0) is 42.9 Å². The van der Waals surface area contributed by atoms with Crippen molar-refractivity contribution in [2.24, 2.45) is 0 Å². The minimum atomic E-state index is -1.30. The molecule has 0 amide bonds. The van der Waals surface area contributed by atoms with Crippen LogP contribution in [0.3, 0.4) is 0 Å². The van der Waals surface area contributed by atoms with Crippen molar-refractivity contribution in [2.75, 3.05) is 72.3 Å². The number of benzene rings is 1. The number of nitriles is 1. The summed E-state index contributed by atoms with van der Waals surface area (Å²) < 4.78 is 55.4. The van der Waals surface area contributed by atoms with Crippen LogP contribution < -0.4 is 4.74 Å². The number of ether oxygens (including phenoxy) is 4. The van der Waals surface area contributed by atoms with Gasteiger partial charge in [-0.3, -0.25) is 14.7 Å². The van der Waals surface area contributed by atoms with Gasteiger partial charge in [0, 0.05) is 99.7 Å². The monoisotopic (exact) mass is 1220 g/mol. The number of esters is 3. The van der Waals surface area contributed by atoms with Gasteiger partial charge >= 0.3 is 17.9 Å². The Kier molecular flexibility index (Phi) is 25.4. The lowest BCUT2D eigenvalue weighted by molar-refractivity contribution is 0.0505. The molecule has 0 N–H and O–H groups in total. The number of hydrogen-bond donors (Lipinski definition) is 0. The van der Waals surface area contributed by atoms with Crippen molar-refractivity contribution in [3.63, 3.8) is 0 Å².